The lowest BCUT2D eigenvalue weighted by Crippen LogP contribution is -2.58. The van der Waals surface area contributed by atoms with Gasteiger partial charge in [0.2, 0.25) is 10.0 Å². The molecule has 0 radical (unpaired) electrons. The van der Waals surface area contributed by atoms with Crippen LogP contribution in [0.2, 0.25) is 0 Å². The minimum Gasteiger partial charge on any atom is -0.357 e. The molecule has 3 rings (SSSR count). The number of piperidine rings is 1. The highest BCUT2D eigenvalue weighted by molar-refractivity contribution is 7.88. The van der Waals surface area contributed by atoms with Gasteiger partial charge in [0.1, 0.15) is 5.69 Å². The summed E-state index contributed by atoms with van der Waals surface area (Å²) in [4.78, 5) is 17.2. The highest BCUT2D eigenvalue weighted by atomic mass is 32.2. The molecule has 21 heavy (non-hydrogen) atoms. The van der Waals surface area contributed by atoms with Gasteiger partial charge >= 0.3 is 0 Å². The van der Waals surface area contributed by atoms with E-state index in [2.05, 4.69) is 4.98 Å². The molecule has 7 heteroatoms. The first-order chi connectivity index (χ1) is 9.92. The van der Waals surface area contributed by atoms with Crippen molar-refractivity contribution in [2.45, 2.75) is 31.2 Å². The average Bonchev–Trinajstić information content (AvgIpc) is 3.07. The molecule has 2 aliphatic heterocycles. The summed E-state index contributed by atoms with van der Waals surface area (Å²) in [6.07, 6.45) is 6.40. The zero-order valence-electron chi connectivity index (χ0n) is 12.2. The van der Waals surface area contributed by atoms with Crippen molar-refractivity contribution in [3.8, 4) is 0 Å². The number of amides is 1. The molecule has 1 N–H and O–H groups in total. The van der Waals surface area contributed by atoms with Gasteiger partial charge in [0.05, 0.1) is 11.8 Å². The van der Waals surface area contributed by atoms with Crippen LogP contribution in [0.5, 0.6) is 0 Å². The largest absolute Gasteiger partial charge is 0.357 e. The maximum absolute atomic E-state index is 12.5. The molecule has 0 aliphatic carbocycles. The van der Waals surface area contributed by atoms with E-state index in [1.807, 2.05) is 0 Å². The number of aromatic amines is 1. The van der Waals surface area contributed by atoms with Crippen molar-refractivity contribution in [3.05, 3.63) is 24.0 Å². The van der Waals surface area contributed by atoms with Crippen LogP contribution >= 0.6 is 0 Å². The molecule has 1 spiro atoms. The number of hydrogen-bond donors (Lipinski definition) is 1. The summed E-state index contributed by atoms with van der Waals surface area (Å²) in [6.45, 7) is 1.76. The first-order valence-corrected chi connectivity index (χ1v) is 9.18. The van der Waals surface area contributed by atoms with Crippen molar-refractivity contribution in [2.75, 3.05) is 25.9 Å². The second-order valence-corrected chi connectivity index (χ2v) is 7.98. The van der Waals surface area contributed by atoms with E-state index in [0.29, 0.717) is 25.3 Å². The third-order valence-corrected chi connectivity index (χ3v) is 5.97. The second-order valence-electron chi connectivity index (χ2n) is 6.08. The molecule has 1 amide bonds. The predicted molar refractivity (Wildman–Crippen MR) is 79.4 cm³/mol. The molecule has 1 atom stereocenters. The number of rotatable bonds is 2. The number of carbonyl (C=O) groups excluding carboxylic acids is 1. The van der Waals surface area contributed by atoms with E-state index in [1.54, 1.807) is 27.5 Å². The van der Waals surface area contributed by atoms with E-state index in [1.165, 1.54) is 6.26 Å². The minimum atomic E-state index is -3.23. The van der Waals surface area contributed by atoms with Crippen LogP contribution in [-0.4, -0.2) is 59.9 Å². The molecule has 0 unspecified atom stereocenters. The van der Waals surface area contributed by atoms with Gasteiger partial charge in [-0.25, -0.2) is 8.42 Å². The third-order valence-electron chi connectivity index (χ3n) is 4.60. The van der Waals surface area contributed by atoms with E-state index in [0.717, 1.165) is 25.7 Å². The van der Waals surface area contributed by atoms with Crippen molar-refractivity contribution in [2.24, 2.45) is 0 Å². The summed E-state index contributed by atoms with van der Waals surface area (Å²) in [5, 5.41) is 0. The normalized spacial score (nSPS) is 27.4. The molecule has 0 bridgehead atoms. The van der Waals surface area contributed by atoms with Crippen molar-refractivity contribution in [1.82, 2.24) is 14.2 Å². The van der Waals surface area contributed by atoms with Crippen molar-refractivity contribution < 1.29 is 13.2 Å². The van der Waals surface area contributed by atoms with Gasteiger partial charge in [0.25, 0.3) is 5.91 Å². The lowest BCUT2D eigenvalue weighted by Gasteiger charge is -2.44. The van der Waals surface area contributed by atoms with E-state index >= 15 is 0 Å². The lowest BCUT2D eigenvalue weighted by molar-refractivity contribution is 0.0520. The van der Waals surface area contributed by atoms with Crippen LogP contribution in [0.4, 0.5) is 0 Å². The van der Waals surface area contributed by atoms with Crippen LogP contribution in [-0.2, 0) is 10.0 Å². The molecule has 2 fully saturated rings. The van der Waals surface area contributed by atoms with Gasteiger partial charge in [-0.2, -0.15) is 4.31 Å². The number of nitrogens with zero attached hydrogens (tertiary/aromatic N) is 2. The first kappa shape index (κ1) is 14.6. The number of aromatic nitrogens is 1. The highest BCUT2D eigenvalue weighted by Crippen LogP contribution is 2.39. The standard InChI is InChI=1S/C14H21N3O3S/c1-21(19,20)17-10-4-7-14(17)6-3-9-16(11-14)13(18)12-5-2-8-15-12/h2,5,8,15H,3-4,6-7,9-11H2,1H3/t14-/m0/s1. The van der Waals surface area contributed by atoms with Gasteiger partial charge in [0, 0.05) is 25.8 Å². The molecular formula is C14H21N3O3S. The summed E-state index contributed by atoms with van der Waals surface area (Å²) in [7, 11) is -3.23. The molecule has 2 aliphatic rings. The SMILES string of the molecule is CS(=O)(=O)N1CCC[C@]12CCCN(C(=O)c1ccc[nH]1)C2. The Kier molecular flexibility index (Phi) is 3.57. The summed E-state index contributed by atoms with van der Waals surface area (Å²) in [5.41, 5.74) is 0.171. The smallest absolute Gasteiger partial charge is 0.270 e. The topological polar surface area (TPSA) is 73.5 Å². The van der Waals surface area contributed by atoms with Gasteiger partial charge in [-0.1, -0.05) is 0 Å². The fourth-order valence-corrected chi connectivity index (χ4v) is 5.16. The molecule has 1 aromatic rings. The monoisotopic (exact) mass is 311 g/mol. The number of likely N-dealkylation sites (tertiary alicyclic amines) is 1. The summed E-state index contributed by atoms with van der Waals surface area (Å²) in [5.74, 6) is -0.0422. The molecular weight excluding hydrogens is 290 g/mol. The second kappa shape index (κ2) is 5.14. The van der Waals surface area contributed by atoms with Gasteiger partial charge in [-0.3, -0.25) is 4.79 Å². The van der Waals surface area contributed by atoms with Gasteiger partial charge < -0.3 is 9.88 Å². The van der Waals surface area contributed by atoms with Gasteiger partial charge in [-0.15, -0.1) is 0 Å². The Balaban J connectivity index is 1.84. The Morgan fingerprint density at radius 1 is 1.29 bits per heavy atom. The van der Waals surface area contributed by atoms with Crippen LogP contribution < -0.4 is 0 Å². The van der Waals surface area contributed by atoms with E-state index in [-0.39, 0.29) is 5.91 Å². The Morgan fingerprint density at radius 2 is 2.00 bits per heavy atom. The Labute approximate surface area is 125 Å². The van der Waals surface area contributed by atoms with E-state index in [4.69, 9.17) is 0 Å². The molecule has 6 nitrogen and oxygen atoms in total. The Bertz CT molecular complexity index is 626. The molecule has 116 valence electrons. The number of carbonyl (C=O) groups is 1. The first-order valence-electron chi connectivity index (χ1n) is 7.33. The van der Waals surface area contributed by atoms with Crippen LogP contribution in [0.3, 0.4) is 0 Å². The number of nitrogens with one attached hydrogen (secondary N) is 1. The quantitative estimate of drug-likeness (QED) is 0.887. The summed E-state index contributed by atoms with van der Waals surface area (Å²) in [6, 6.07) is 3.55. The lowest BCUT2D eigenvalue weighted by atomic mass is 9.87. The van der Waals surface area contributed by atoms with Crippen LogP contribution in [0.1, 0.15) is 36.2 Å². The number of hydrogen-bond acceptors (Lipinski definition) is 3. The zero-order valence-corrected chi connectivity index (χ0v) is 13.0. The van der Waals surface area contributed by atoms with Crippen LogP contribution in [0.25, 0.3) is 0 Å². The molecule has 1 aromatic heterocycles. The average molecular weight is 311 g/mol. The summed E-state index contributed by atoms with van der Waals surface area (Å²) >= 11 is 0. The van der Waals surface area contributed by atoms with Crippen molar-refractivity contribution >= 4 is 15.9 Å². The predicted octanol–water partition coefficient (Wildman–Crippen LogP) is 1.04. The highest BCUT2D eigenvalue weighted by Gasteiger charge is 2.48. The molecule has 0 aromatic carbocycles. The van der Waals surface area contributed by atoms with Gasteiger partial charge in [0.15, 0.2) is 0 Å². The van der Waals surface area contributed by atoms with E-state index in [9.17, 15) is 13.2 Å². The maximum atomic E-state index is 12.5. The fraction of sp³-hybridized carbons (Fsp3) is 0.643. The number of sulfonamides is 1. The fourth-order valence-electron chi connectivity index (χ4n) is 3.76. The Morgan fingerprint density at radius 3 is 2.62 bits per heavy atom. The van der Waals surface area contributed by atoms with Gasteiger partial charge in [-0.05, 0) is 37.8 Å². The number of H-pyrrole nitrogens is 1. The van der Waals surface area contributed by atoms with E-state index < -0.39 is 15.6 Å². The molecule has 2 saturated heterocycles. The van der Waals surface area contributed by atoms with Crippen LogP contribution in [0.15, 0.2) is 18.3 Å². The minimum absolute atomic E-state index is 0.0422. The third kappa shape index (κ3) is 2.60. The maximum Gasteiger partial charge on any atom is 0.270 e. The van der Waals surface area contributed by atoms with Crippen molar-refractivity contribution in [3.63, 3.8) is 0 Å². The Hall–Kier alpha value is -1.34. The van der Waals surface area contributed by atoms with Crippen molar-refractivity contribution in [1.29, 1.82) is 0 Å². The zero-order chi connectivity index (χ0) is 15.1. The molecule has 3 heterocycles. The molecule has 0 saturated carbocycles. The summed E-state index contributed by atoms with van der Waals surface area (Å²) < 4.78 is 25.7. The van der Waals surface area contributed by atoms with Crippen LogP contribution in [0, 0.1) is 0 Å².